The van der Waals surface area contributed by atoms with Crippen LogP contribution in [0.4, 0.5) is 0 Å². The van der Waals surface area contributed by atoms with Crippen molar-refractivity contribution < 1.29 is 50.8 Å². The first kappa shape index (κ1) is 44.4. The predicted octanol–water partition coefficient (Wildman–Crippen LogP) is 9.80. The Morgan fingerprint density at radius 3 is 1.97 bits per heavy atom. The Morgan fingerprint density at radius 2 is 1.27 bits per heavy atom. The van der Waals surface area contributed by atoms with Crippen molar-refractivity contribution in [2.45, 2.75) is 74.1 Å². The first-order valence-electron chi connectivity index (χ1n) is 20.5. The molecule has 6 aromatic rings. The van der Waals surface area contributed by atoms with Gasteiger partial charge >= 0.3 is 34.6 Å². The van der Waals surface area contributed by atoms with Gasteiger partial charge in [0.25, 0.3) is 0 Å². The van der Waals surface area contributed by atoms with Gasteiger partial charge in [0.2, 0.25) is 0 Å². The van der Waals surface area contributed by atoms with Gasteiger partial charge in [0.1, 0.15) is 30.3 Å². The van der Waals surface area contributed by atoms with Gasteiger partial charge in [-0.15, -0.1) is 22.1 Å². The van der Waals surface area contributed by atoms with Crippen molar-refractivity contribution >= 4 is 67.3 Å². The number of aliphatic carboxylic acids is 2. The Balaban J connectivity index is 0.00000595. The molecule has 322 valence electrons. The molecule has 13 heteroatoms. The summed E-state index contributed by atoms with van der Waals surface area (Å²) in [6.45, 7) is 14.5. The van der Waals surface area contributed by atoms with E-state index in [2.05, 4.69) is 13.8 Å². The van der Waals surface area contributed by atoms with Gasteiger partial charge in [0, 0.05) is 30.4 Å². The van der Waals surface area contributed by atoms with Gasteiger partial charge in [-0.25, -0.2) is 14.8 Å². The van der Waals surface area contributed by atoms with Gasteiger partial charge < -0.3 is 34.1 Å². The van der Waals surface area contributed by atoms with Crippen molar-refractivity contribution in [1.82, 2.24) is 19.9 Å². The molecule has 12 nitrogen and oxygen atoms in total. The van der Waals surface area contributed by atoms with Crippen LogP contribution in [0.15, 0.2) is 75.9 Å². The fraction of sp³-hybridized carbons (Fsp3) is 0.260. The summed E-state index contributed by atoms with van der Waals surface area (Å²) in [7, 11) is 0. The molecule has 0 spiro atoms. The molecule has 8 rings (SSSR count). The maximum atomic E-state index is 11.9. The van der Waals surface area contributed by atoms with Crippen LogP contribution in [-0.4, -0.2) is 45.3 Å². The summed E-state index contributed by atoms with van der Waals surface area (Å²) in [6.07, 6.45) is 0.383. The number of nitrogens with zero attached hydrogens (tertiary/aromatic N) is 4. The first-order valence-corrected chi connectivity index (χ1v) is 20.5. The van der Waals surface area contributed by atoms with E-state index in [0.717, 1.165) is 89.0 Å². The summed E-state index contributed by atoms with van der Waals surface area (Å²) in [5.74, 6) is -0.604. The van der Waals surface area contributed by atoms with Crippen LogP contribution < -0.4 is 25.1 Å². The summed E-state index contributed by atoms with van der Waals surface area (Å²) >= 11 is 0. The first-order chi connectivity index (χ1) is 29.7. The molecule has 0 unspecified atom stereocenters. The second kappa shape index (κ2) is 18.0. The van der Waals surface area contributed by atoms with E-state index in [1.807, 2.05) is 89.2 Å². The SMILES string of the molecule is CC1=C(CCC(=O)O)c2cc3[n-]c(cc4nc(c(-c5ccc(OCCOc6ccc7c(C)cc(=O)oc7c6)cc5)c5[n-]c(cc1n2)c(C)c5C)C(C)=C4C)c(C)c3CCC(=O)O.[Fe+2]. The second-order valence-electron chi connectivity index (χ2n) is 15.9. The third-order valence-electron chi connectivity index (χ3n) is 12.0. The van der Waals surface area contributed by atoms with Crippen LogP contribution in [0.5, 0.6) is 11.5 Å². The molecule has 0 radical (unpaired) electrons. The molecule has 63 heavy (non-hydrogen) atoms. The smallest absolute Gasteiger partial charge is 0.657 e. The Kier molecular flexibility index (Phi) is 12.6. The molecule has 6 heterocycles. The molecule has 0 saturated heterocycles. The summed E-state index contributed by atoms with van der Waals surface area (Å²) in [4.78, 5) is 56.1. The summed E-state index contributed by atoms with van der Waals surface area (Å²) in [6, 6.07) is 20.5. The van der Waals surface area contributed by atoms with E-state index >= 15 is 0 Å². The summed E-state index contributed by atoms with van der Waals surface area (Å²) in [5, 5.41) is 20.1. The molecule has 0 aliphatic carbocycles. The van der Waals surface area contributed by atoms with E-state index < -0.39 is 17.6 Å². The molecular weight excluding hydrogens is 840 g/mol. The number of rotatable bonds is 12. The molecule has 2 N–H and O–H groups in total. The molecular formula is C50H46FeN4O8. The Bertz CT molecular complexity index is 3130. The van der Waals surface area contributed by atoms with Crippen molar-refractivity contribution in [2.24, 2.45) is 0 Å². The number of allylic oxidation sites excluding steroid dienone is 4. The Hall–Kier alpha value is -6.69. The number of aromatic nitrogens is 4. The minimum absolute atomic E-state index is 0. The third kappa shape index (κ3) is 8.84. The minimum atomic E-state index is -0.912. The topological polar surface area (TPSA) is 177 Å². The largest absolute Gasteiger partial charge is 2.00 e. The van der Waals surface area contributed by atoms with Crippen LogP contribution in [0, 0.1) is 27.7 Å². The fourth-order valence-corrected chi connectivity index (χ4v) is 8.16. The van der Waals surface area contributed by atoms with Crippen LogP contribution in [-0.2, 0) is 33.1 Å². The van der Waals surface area contributed by atoms with Crippen LogP contribution in [0.1, 0.15) is 90.6 Å². The molecule has 0 saturated carbocycles. The zero-order valence-corrected chi connectivity index (χ0v) is 37.2. The van der Waals surface area contributed by atoms with E-state index in [1.54, 1.807) is 6.07 Å². The molecule has 8 bridgehead atoms. The van der Waals surface area contributed by atoms with Gasteiger partial charge in [-0.1, -0.05) is 52.6 Å². The zero-order valence-electron chi connectivity index (χ0n) is 36.1. The predicted molar refractivity (Wildman–Crippen MR) is 240 cm³/mol. The number of ether oxygens (including phenoxy) is 2. The quantitative estimate of drug-likeness (QED) is 0.0677. The molecule has 0 amide bonds. The second-order valence-corrected chi connectivity index (χ2v) is 15.9. The average molecular weight is 887 g/mol. The molecule has 0 atom stereocenters. The number of fused-ring (bicyclic) bond motifs is 9. The normalized spacial score (nSPS) is 12.5. The van der Waals surface area contributed by atoms with E-state index in [0.29, 0.717) is 39.5 Å². The third-order valence-corrected chi connectivity index (χ3v) is 12.0. The number of hydrogen-bond donors (Lipinski definition) is 2. The minimum Gasteiger partial charge on any atom is -0.657 e. The molecule has 2 aliphatic heterocycles. The van der Waals surface area contributed by atoms with Gasteiger partial charge in [-0.2, -0.15) is 0 Å². The van der Waals surface area contributed by atoms with Gasteiger partial charge in [0.15, 0.2) is 0 Å². The number of hydrogen-bond acceptors (Lipinski definition) is 8. The van der Waals surface area contributed by atoms with Crippen molar-refractivity contribution in [3.05, 3.63) is 128 Å². The standard InChI is InChI=1S/C50H48N4O8.Fe/c1-25-20-47(59)62-44-21-34(12-13-35(25)44)61-19-18-60-33-10-8-32(9-11-33)48-49-28(4)26(2)38(53-49)22-40-30(6)36(14-16-45(55)56)42(51-40)24-43-37(15-17-46(57)58)31(7)41(52-43)23-39-27(3)29(5)50(48)54-39;/h8-13,20-24H,14-19H2,1-7H3,(H4,51,52,53,54,55,56,57,58);/q;+2/p-2. The van der Waals surface area contributed by atoms with Crippen LogP contribution >= 0.6 is 0 Å². The van der Waals surface area contributed by atoms with Crippen molar-refractivity contribution in [3.8, 4) is 22.6 Å². The van der Waals surface area contributed by atoms with Gasteiger partial charge in [-0.05, 0) is 125 Å². The maximum absolute atomic E-state index is 11.9. The number of carbonyl (C=O) groups is 2. The average Bonchev–Trinajstić information content (AvgIpc) is 3.88. The Morgan fingerprint density at radius 1 is 0.651 bits per heavy atom. The van der Waals surface area contributed by atoms with Gasteiger partial charge in [0.05, 0.1) is 22.8 Å². The Labute approximate surface area is 374 Å². The van der Waals surface area contributed by atoms with E-state index in [-0.39, 0.29) is 56.0 Å². The van der Waals surface area contributed by atoms with E-state index in [4.69, 9.17) is 33.8 Å². The zero-order chi connectivity index (χ0) is 44.0. The van der Waals surface area contributed by atoms with Crippen LogP contribution in [0.3, 0.4) is 0 Å². The number of benzene rings is 2. The summed E-state index contributed by atoms with van der Waals surface area (Å²) in [5.41, 5.74) is 15.5. The molecule has 2 aliphatic rings. The van der Waals surface area contributed by atoms with Crippen molar-refractivity contribution in [1.29, 1.82) is 0 Å². The van der Waals surface area contributed by atoms with Gasteiger partial charge in [-0.3, -0.25) is 9.59 Å². The molecule has 0 fully saturated rings. The van der Waals surface area contributed by atoms with Crippen LogP contribution in [0.25, 0.3) is 66.5 Å². The number of aryl methyl sites for hydroxylation is 5. The van der Waals surface area contributed by atoms with Crippen LogP contribution in [0.2, 0.25) is 0 Å². The molecule has 2 aromatic carbocycles. The fourth-order valence-electron chi connectivity index (χ4n) is 8.16. The maximum Gasteiger partial charge on any atom is 2.00 e. The van der Waals surface area contributed by atoms with Crippen molar-refractivity contribution in [2.75, 3.05) is 13.2 Å². The van der Waals surface area contributed by atoms with Crippen molar-refractivity contribution in [3.63, 3.8) is 0 Å². The monoisotopic (exact) mass is 886 g/mol. The number of carboxylic acid groups (broad SMARTS) is 2. The van der Waals surface area contributed by atoms with E-state index in [9.17, 15) is 24.6 Å². The molecule has 4 aromatic heterocycles. The van der Waals surface area contributed by atoms with E-state index in [1.165, 1.54) is 6.07 Å². The summed E-state index contributed by atoms with van der Waals surface area (Å²) < 4.78 is 17.4. The number of carboxylic acids is 2.